The zero-order chi connectivity index (χ0) is 14.0. The van der Waals surface area contributed by atoms with Gasteiger partial charge >= 0.3 is 0 Å². The number of benzene rings is 2. The number of aryl methyl sites for hydroxylation is 2. The van der Waals surface area contributed by atoms with E-state index in [0.29, 0.717) is 12.3 Å². The summed E-state index contributed by atoms with van der Waals surface area (Å²) in [7, 11) is 2.04. The number of halogens is 1. The van der Waals surface area contributed by atoms with Gasteiger partial charge in [-0.3, -0.25) is 0 Å². The first-order chi connectivity index (χ1) is 8.97. The lowest BCUT2D eigenvalue weighted by atomic mass is 10.1. The second-order valence-corrected chi connectivity index (χ2v) is 5.83. The van der Waals surface area contributed by atoms with E-state index in [1.165, 1.54) is 16.8 Å². The Hall–Kier alpha value is -1.48. The van der Waals surface area contributed by atoms with Crippen LogP contribution in [-0.4, -0.2) is 12.2 Å². The average Bonchev–Trinajstić information content (AvgIpc) is 2.33. The molecule has 0 spiro atoms. The fraction of sp³-hybridized carbons (Fsp3) is 0.250. The molecule has 0 bridgehead atoms. The van der Waals surface area contributed by atoms with Gasteiger partial charge in [-0.15, -0.1) is 0 Å². The predicted molar refractivity (Wildman–Crippen MR) is 83.8 cm³/mol. The highest BCUT2D eigenvalue weighted by atomic mass is 79.9. The van der Waals surface area contributed by atoms with Gasteiger partial charge in [-0.05, 0) is 43.7 Å². The Labute approximate surface area is 122 Å². The van der Waals surface area contributed by atoms with Gasteiger partial charge in [-0.2, -0.15) is 0 Å². The van der Waals surface area contributed by atoms with Gasteiger partial charge in [0, 0.05) is 29.3 Å². The number of aromatic hydroxyl groups is 1. The summed E-state index contributed by atoms with van der Waals surface area (Å²) in [6.07, 6.45) is 0. The van der Waals surface area contributed by atoms with Crippen LogP contribution in [0.4, 0.5) is 5.69 Å². The maximum atomic E-state index is 9.90. The Bertz CT molecular complexity index is 595. The van der Waals surface area contributed by atoms with Crippen molar-refractivity contribution in [3.63, 3.8) is 0 Å². The molecule has 2 aromatic rings. The molecule has 2 nitrogen and oxygen atoms in total. The topological polar surface area (TPSA) is 23.5 Å². The number of rotatable bonds is 3. The number of hydrogen-bond donors (Lipinski definition) is 1. The second-order valence-electron chi connectivity index (χ2n) is 4.92. The summed E-state index contributed by atoms with van der Waals surface area (Å²) in [4.78, 5) is 2.15. The summed E-state index contributed by atoms with van der Waals surface area (Å²) in [5.74, 6) is 0.333. The summed E-state index contributed by atoms with van der Waals surface area (Å²) < 4.78 is 0.981. The lowest BCUT2D eigenvalue weighted by Crippen LogP contribution is -2.17. The highest BCUT2D eigenvalue weighted by molar-refractivity contribution is 9.10. The van der Waals surface area contributed by atoms with E-state index in [0.717, 1.165) is 10.0 Å². The molecule has 0 saturated heterocycles. The molecule has 0 heterocycles. The molecule has 2 rings (SSSR count). The molecule has 1 N–H and O–H groups in total. The van der Waals surface area contributed by atoms with Gasteiger partial charge in [-0.25, -0.2) is 0 Å². The standard InChI is InChI=1S/C16H18BrNO/c1-11-4-6-15(12(2)8-11)18(3)10-13-9-14(17)5-7-16(13)19/h4-9,19H,10H2,1-3H3. The first kappa shape index (κ1) is 13.9. The molecular formula is C16H18BrNO. The molecule has 3 heteroatoms. The van der Waals surface area contributed by atoms with Crippen LogP contribution in [0.25, 0.3) is 0 Å². The van der Waals surface area contributed by atoms with E-state index in [1.807, 2.05) is 19.2 Å². The molecule has 0 saturated carbocycles. The van der Waals surface area contributed by atoms with Crippen LogP contribution >= 0.6 is 15.9 Å². The van der Waals surface area contributed by atoms with Gasteiger partial charge in [-0.1, -0.05) is 33.6 Å². The molecule has 0 aliphatic carbocycles. The normalized spacial score (nSPS) is 10.5. The van der Waals surface area contributed by atoms with Crippen LogP contribution in [0.2, 0.25) is 0 Å². The van der Waals surface area contributed by atoms with Crippen LogP contribution in [0.15, 0.2) is 40.9 Å². The van der Waals surface area contributed by atoms with Crippen LogP contribution in [0.3, 0.4) is 0 Å². The third-order valence-corrected chi connectivity index (χ3v) is 3.71. The Morgan fingerprint density at radius 1 is 1.11 bits per heavy atom. The predicted octanol–water partition coefficient (Wildman–Crippen LogP) is 4.41. The van der Waals surface area contributed by atoms with Crippen molar-refractivity contribution in [3.05, 3.63) is 57.6 Å². The SMILES string of the molecule is Cc1ccc(N(C)Cc2cc(Br)ccc2O)c(C)c1. The number of hydrogen-bond acceptors (Lipinski definition) is 2. The number of phenols is 1. The van der Waals surface area contributed by atoms with Crippen LogP contribution in [-0.2, 0) is 6.54 Å². The molecule has 0 aliphatic rings. The van der Waals surface area contributed by atoms with Gasteiger partial charge in [0.2, 0.25) is 0 Å². The van der Waals surface area contributed by atoms with Crippen molar-refractivity contribution >= 4 is 21.6 Å². The molecule has 0 fully saturated rings. The Morgan fingerprint density at radius 2 is 1.84 bits per heavy atom. The summed E-state index contributed by atoms with van der Waals surface area (Å²) in [5.41, 5.74) is 4.61. The smallest absolute Gasteiger partial charge is 0.120 e. The van der Waals surface area contributed by atoms with E-state index in [4.69, 9.17) is 0 Å². The Morgan fingerprint density at radius 3 is 2.53 bits per heavy atom. The third kappa shape index (κ3) is 3.29. The van der Waals surface area contributed by atoms with E-state index in [9.17, 15) is 5.11 Å². The molecule has 2 aromatic carbocycles. The van der Waals surface area contributed by atoms with Crippen molar-refractivity contribution in [3.8, 4) is 5.75 Å². The van der Waals surface area contributed by atoms with Gasteiger partial charge in [0.25, 0.3) is 0 Å². The monoisotopic (exact) mass is 319 g/mol. The van der Waals surface area contributed by atoms with Gasteiger partial charge in [0.1, 0.15) is 5.75 Å². The van der Waals surface area contributed by atoms with Crippen molar-refractivity contribution in [2.75, 3.05) is 11.9 Å². The third-order valence-electron chi connectivity index (χ3n) is 3.21. The highest BCUT2D eigenvalue weighted by Crippen LogP contribution is 2.26. The van der Waals surface area contributed by atoms with Crippen molar-refractivity contribution in [2.24, 2.45) is 0 Å². The fourth-order valence-corrected chi connectivity index (χ4v) is 2.66. The summed E-state index contributed by atoms with van der Waals surface area (Å²) >= 11 is 3.44. The van der Waals surface area contributed by atoms with E-state index in [2.05, 4.69) is 52.9 Å². The zero-order valence-corrected chi connectivity index (χ0v) is 13.0. The quantitative estimate of drug-likeness (QED) is 0.905. The minimum Gasteiger partial charge on any atom is -0.508 e. The molecule has 19 heavy (non-hydrogen) atoms. The van der Waals surface area contributed by atoms with Crippen LogP contribution in [0.5, 0.6) is 5.75 Å². The Kier molecular flexibility index (Phi) is 4.15. The average molecular weight is 320 g/mol. The molecule has 0 atom stereocenters. The summed E-state index contributed by atoms with van der Waals surface area (Å²) in [5, 5.41) is 9.90. The van der Waals surface area contributed by atoms with Crippen molar-refractivity contribution in [1.29, 1.82) is 0 Å². The zero-order valence-electron chi connectivity index (χ0n) is 11.4. The number of anilines is 1. The molecule has 0 aliphatic heterocycles. The molecule has 0 aromatic heterocycles. The first-order valence-corrected chi connectivity index (χ1v) is 7.02. The van der Waals surface area contributed by atoms with Gasteiger partial charge < -0.3 is 10.0 Å². The molecule has 0 amide bonds. The molecule has 100 valence electrons. The Balaban J connectivity index is 2.25. The van der Waals surface area contributed by atoms with Crippen molar-refractivity contribution in [2.45, 2.75) is 20.4 Å². The maximum Gasteiger partial charge on any atom is 0.120 e. The molecule has 0 unspecified atom stereocenters. The van der Waals surface area contributed by atoms with Crippen LogP contribution < -0.4 is 4.90 Å². The van der Waals surface area contributed by atoms with Gasteiger partial charge in [0.15, 0.2) is 0 Å². The maximum absolute atomic E-state index is 9.90. The van der Waals surface area contributed by atoms with E-state index in [-0.39, 0.29) is 0 Å². The molecular weight excluding hydrogens is 302 g/mol. The lowest BCUT2D eigenvalue weighted by Gasteiger charge is -2.22. The first-order valence-electron chi connectivity index (χ1n) is 6.23. The van der Waals surface area contributed by atoms with E-state index < -0.39 is 0 Å². The number of phenolic OH excluding ortho intramolecular Hbond substituents is 1. The lowest BCUT2D eigenvalue weighted by molar-refractivity contribution is 0.467. The van der Waals surface area contributed by atoms with Crippen molar-refractivity contribution in [1.82, 2.24) is 0 Å². The fourth-order valence-electron chi connectivity index (χ4n) is 2.26. The van der Waals surface area contributed by atoms with Crippen LogP contribution in [0, 0.1) is 13.8 Å². The summed E-state index contributed by atoms with van der Waals surface area (Å²) in [6.45, 7) is 4.88. The van der Waals surface area contributed by atoms with Gasteiger partial charge in [0.05, 0.1) is 0 Å². The van der Waals surface area contributed by atoms with E-state index >= 15 is 0 Å². The second kappa shape index (κ2) is 5.66. The largest absolute Gasteiger partial charge is 0.508 e. The minimum atomic E-state index is 0.333. The molecule has 0 radical (unpaired) electrons. The van der Waals surface area contributed by atoms with Crippen molar-refractivity contribution < 1.29 is 5.11 Å². The van der Waals surface area contributed by atoms with E-state index in [1.54, 1.807) is 6.07 Å². The minimum absolute atomic E-state index is 0.333. The number of nitrogens with zero attached hydrogens (tertiary/aromatic N) is 1. The summed E-state index contributed by atoms with van der Waals surface area (Å²) in [6, 6.07) is 11.9. The highest BCUT2D eigenvalue weighted by Gasteiger charge is 2.08. The van der Waals surface area contributed by atoms with Crippen LogP contribution in [0.1, 0.15) is 16.7 Å².